The molecule has 4 heteroatoms. The highest BCUT2D eigenvalue weighted by atomic mass is 32.2. The van der Waals surface area contributed by atoms with Crippen molar-refractivity contribution in [1.82, 2.24) is 0 Å². The first-order valence-corrected chi connectivity index (χ1v) is 8.22. The van der Waals surface area contributed by atoms with Gasteiger partial charge in [-0.15, -0.1) is 11.8 Å². The summed E-state index contributed by atoms with van der Waals surface area (Å²) in [5.74, 6) is 0.311. The van der Waals surface area contributed by atoms with Crippen LogP contribution in [-0.2, 0) is 10.2 Å². The highest BCUT2D eigenvalue weighted by molar-refractivity contribution is 8.00. The Hall–Kier alpha value is -1.94. The van der Waals surface area contributed by atoms with Crippen molar-refractivity contribution in [3.05, 3.63) is 54.1 Å². The number of amides is 1. The van der Waals surface area contributed by atoms with Crippen LogP contribution in [0.25, 0.3) is 0 Å². The number of nitrogens with two attached hydrogens (primary N) is 1. The smallest absolute Gasteiger partial charge is 0.234 e. The number of rotatable bonds is 4. The van der Waals surface area contributed by atoms with Gasteiger partial charge in [-0.05, 0) is 35.2 Å². The molecule has 2 aromatic carbocycles. The minimum absolute atomic E-state index is 0.0530. The molecule has 3 nitrogen and oxygen atoms in total. The summed E-state index contributed by atoms with van der Waals surface area (Å²) in [6.45, 7) is 6.56. The van der Waals surface area contributed by atoms with Gasteiger partial charge in [-0.2, -0.15) is 0 Å². The van der Waals surface area contributed by atoms with Gasteiger partial charge in [-0.25, -0.2) is 0 Å². The summed E-state index contributed by atoms with van der Waals surface area (Å²) in [5.41, 5.74) is 8.49. The molecule has 0 saturated carbocycles. The molecule has 0 aromatic heterocycles. The Kier molecular flexibility index (Phi) is 5.14. The first-order chi connectivity index (χ1) is 10.4. The maximum absolute atomic E-state index is 12.0. The summed E-state index contributed by atoms with van der Waals surface area (Å²) < 4.78 is 0. The molecule has 116 valence electrons. The van der Waals surface area contributed by atoms with Crippen LogP contribution in [0.4, 0.5) is 11.4 Å². The maximum Gasteiger partial charge on any atom is 0.234 e. The second kappa shape index (κ2) is 6.88. The van der Waals surface area contributed by atoms with Crippen LogP contribution >= 0.6 is 11.8 Å². The van der Waals surface area contributed by atoms with E-state index >= 15 is 0 Å². The molecule has 1 amide bonds. The van der Waals surface area contributed by atoms with E-state index in [2.05, 4.69) is 50.4 Å². The molecule has 22 heavy (non-hydrogen) atoms. The SMILES string of the molecule is CC(C)(C)c1ccc(SCC(=O)Nc2ccccc2N)cc1. The molecule has 0 bridgehead atoms. The van der Waals surface area contributed by atoms with E-state index in [1.165, 1.54) is 17.3 Å². The van der Waals surface area contributed by atoms with E-state index < -0.39 is 0 Å². The Morgan fingerprint density at radius 1 is 1.09 bits per heavy atom. The zero-order valence-electron chi connectivity index (χ0n) is 13.2. The van der Waals surface area contributed by atoms with Gasteiger partial charge in [0.2, 0.25) is 5.91 Å². The molecule has 0 aliphatic heterocycles. The molecule has 0 unspecified atom stereocenters. The average molecular weight is 314 g/mol. The minimum Gasteiger partial charge on any atom is -0.397 e. The molecule has 0 heterocycles. The van der Waals surface area contributed by atoms with Gasteiger partial charge in [0.1, 0.15) is 0 Å². The lowest BCUT2D eigenvalue weighted by Crippen LogP contribution is -2.15. The van der Waals surface area contributed by atoms with E-state index in [4.69, 9.17) is 5.73 Å². The monoisotopic (exact) mass is 314 g/mol. The molecule has 2 rings (SSSR count). The van der Waals surface area contributed by atoms with Gasteiger partial charge < -0.3 is 11.1 Å². The third kappa shape index (κ3) is 4.53. The number of nitrogen functional groups attached to an aromatic ring is 1. The predicted molar refractivity (Wildman–Crippen MR) is 95.4 cm³/mol. The van der Waals surface area contributed by atoms with Gasteiger partial charge in [0, 0.05) is 4.90 Å². The molecule has 0 aliphatic rings. The third-order valence-electron chi connectivity index (χ3n) is 3.33. The molecular weight excluding hydrogens is 292 g/mol. The van der Waals surface area contributed by atoms with Gasteiger partial charge in [0.15, 0.2) is 0 Å². The lowest BCUT2D eigenvalue weighted by molar-refractivity contribution is -0.113. The van der Waals surface area contributed by atoms with Crippen LogP contribution in [0.15, 0.2) is 53.4 Å². The first-order valence-electron chi connectivity index (χ1n) is 7.24. The summed E-state index contributed by atoms with van der Waals surface area (Å²) in [6.07, 6.45) is 0. The Balaban J connectivity index is 1.90. The molecule has 0 spiro atoms. The fraction of sp³-hybridized carbons (Fsp3) is 0.278. The van der Waals surface area contributed by atoms with Crippen LogP contribution in [0.2, 0.25) is 0 Å². The van der Waals surface area contributed by atoms with Crippen molar-refractivity contribution in [2.45, 2.75) is 31.1 Å². The fourth-order valence-electron chi connectivity index (χ4n) is 2.00. The van der Waals surface area contributed by atoms with Crippen LogP contribution in [0.3, 0.4) is 0 Å². The van der Waals surface area contributed by atoms with Crippen molar-refractivity contribution in [2.75, 3.05) is 16.8 Å². The van der Waals surface area contributed by atoms with Crippen molar-refractivity contribution >= 4 is 29.0 Å². The second-order valence-electron chi connectivity index (χ2n) is 6.20. The number of thioether (sulfide) groups is 1. The summed E-state index contributed by atoms with van der Waals surface area (Å²) in [7, 11) is 0. The first kappa shape index (κ1) is 16.4. The normalized spacial score (nSPS) is 11.2. The topological polar surface area (TPSA) is 55.1 Å². The van der Waals surface area contributed by atoms with Gasteiger partial charge in [-0.1, -0.05) is 45.0 Å². The van der Waals surface area contributed by atoms with Gasteiger partial charge in [0.05, 0.1) is 17.1 Å². The van der Waals surface area contributed by atoms with Crippen molar-refractivity contribution in [1.29, 1.82) is 0 Å². The summed E-state index contributed by atoms with van der Waals surface area (Å²) in [5, 5.41) is 2.83. The van der Waals surface area contributed by atoms with Crippen LogP contribution in [-0.4, -0.2) is 11.7 Å². The zero-order valence-corrected chi connectivity index (χ0v) is 14.0. The number of nitrogens with one attached hydrogen (secondary N) is 1. The van der Waals surface area contributed by atoms with E-state index in [9.17, 15) is 4.79 Å². The summed E-state index contributed by atoms with van der Waals surface area (Å²) >= 11 is 1.52. The van der Waals surface area contributed by atoms with E-state index in [-0.39, 0.29) is 11.3 Å². The molecule has 2 aromatic rings. The lowest BCUT2D eigenvalue weighted by atomic mass is 9.87. The number of carbonyl (C=O) groups is 1. The number of carbonyl (C=O) groups excluding carboxylic acids is 1. The van der Waals surface area contributed by atoms with Crippen molar-refractivity contribution in [3.8, 4) is 0 Å². The molecule has 0 fully saturated rings. The minimum atomic E-state index is -0.0530. The second-order valence-corrected chi connectivity index (χ2v) is 7.25. The number of hydrogen-bond acceptors (Lipinski definition) is 3. The van der Waals surface area contributed by atoms with E-state index in [1.807, 2.05) is 12.1 Å². The number of hydrogen-bond donors (Lipinski definition) is 2. The predicted octanol–water partition coefficient (Wildman–Crippen LogP) is 4.30. The van der Waals surface area contributed by atoms with Gasteiger partial charge in [0.25, 0.3) is 0 Å². The fourth-order valence-corrected chi connectivity index (χ4v) is 2.70. The molecule has 0 saturated heterocycles. The largest absolute Gasteiger partial charge is 0.397 e. The molecule has 0 aliphatic carbocycles. The van der Waals surface area contributed by atoms with Crippen LogP contribution in [0, 0.1) is 0 Å². The quantitative estimate of drug-likeness (QED) is 0.653. The van der Waals surface area contributed by atoms with Crippen molar-refractivity contribution in [2.24, 2.45) is 0 Å². The van der Waals surface area contributed by atoms with E-state index in [1.54, 1.807) is 12.1 Å². The van der Waals surface area contributed by atoms with E-state index in [0.717, 1.165) is 4.90 Å². The van der Waals surface area contributed by atoms with E-state index in [0.29, 0.717) is 17.1 Å². The van der Waals surface area contributed by atoms with Gasteiger partial charge in [-0.3, -0.25) is 4.79 Å². The third-order valence-corrected chi connectivity index (χ3v) is 4.34. The molecular formula is C18H22N2OS. The number of para-hydroxylation sites is 2. The summed E-state index contributed by atoms with van der Waals surface area (Å²) in [6, 6.07) is 15.6. The Morgan fingerprint density at radius 2 is 1.73 bits per heavy atom. The zero-order chi connectivity index (χ0) is 16.2. The highest BCUT2D eigenvalue weighted by Crippen LogP contribution is 2.26. The molecule has 0 radical (unpaired) electrons. The Bertz CT molecular complexity index is 645. The molecule has 3 N–H and O–H groups in total. The van der Waals surface area contributed by atoms with Crippen molar-refractivity contribution < 1.29 is 4.79 Å². The maximum atomic E-state index is 12.0. The Labute approximate surface area is 136 Å². The average Bonchev–Trinajstić information content (AvgIpc) is 2.47. The molecule has 0 atom stereocenters. The summed E-state index contributed by atoms with van der Waals surface area (Å²) in [4.78, 5) is 13.1. The highest BCUT2D eigenvalue weighted by Gasteiger charge is 2.13. The van der Waals surface area contributed by atoms with Crippen LogP contribution in [0.5, 0.6) is 0 Å². The lowest BCUT2D eigenvalue weighted by Gasteiger charge is -2.19. The Morgan fingerprint density at radius 3 is 2.32 bits per heavy atom. The van der Waals surface area contributed by atoms with Crippen LogP contribution < -0.4 is 11.1 Å². The van der Waals surface area contributed by atoms with Crippen LogP contribution in [0.1, 0.15) is 26.3 Å². The standard InChI is InChI=1S/C18H22N2OS/c1-18(2,3)13-8-10-14(11-9-13)22-12-17(21)20-16-7-5-4-6-15(16)19/h4-11H,12,19H2,1-3H3,(H,20,21). The number of benzene rings is 2. The number of anilines is 2. The van der Waals surface area contributed by atoms with Crippen molar-refractivity contribution in [3.63, 3.8) is 0 Å². The van der Waals surface area contributed by atoms with Gasteiger partial charge >= 0.3 is 0 Å².